The Labute approximate surface area is 116 Å². The molecule has 0 radical (unpaired) electrons. The molecule has 0 fully saturated rings. The molecule has 1 aromatic rings. The highest BCUT2D eigenvalue weighted by Gasteiger charge is 2.10. The summed E-state index contributed by atoms with van der Waals surface area (Å²) < 4.78 is 5.57. The number of benzene rings is 1. The third-order valence-corrected chi connectivity index (χ3v) is 3.35. The predicted molar refractivity (Wildman–Crippen MR) is 78.3 cm³/mol. The Kier molecular flexibility index (Phi) is 8.06. The summed E-state index contributed by atoms with van der Waals surface area (Å²) in [7, 11) is 1.99. The summed E-state index contributed by atoms with van der Waals surface area (Å²) in [5, 5.41) is 4.12. The lowest BCUT2D eigenvalue weighted by Crippen LogP contribution is -2.22. The van der Waals surface area contributed by atoms with Gasteiger partial charge in [-0.05, 0) is 50.4 Å². The van der Waals surface area contributed by atoms with Gasteiger partial charge in [0.15, 0.2) is 0 Å². The van der Waals surface area contributed by atoms with Gasteiger partial charge in [0.2, 0.25) is 0 Å². The van der Waals surface area contributed by atoms with Crippen molar-refractivity contribution in [1.82, 2.24) is 5.32 Å². The molecule has 1 rings (SSSR count). The molecule has 0 aliphatic carbocycles. The maximum atomic E-state index is 6.20. The van der Waals surface area contributed by atoms with Gasteiger partial charge in [-0.1, -0.05) is 36.7 Å². The van der Waals surface area contributed by atoms with Crippen LogP contribution in [0.25, 0.3) is 0 Å². The van der Waals surface area contributed by atoms with Crippen molar-refractivity contribution in [1.29, 1.82) is 0 Å². The second-order valence-corrected chi connectivity index (χ2v) is 5.03. The number of nitrogens with one attached hydrogen (secondary N) is 1. The highest BCUT2D eigenvalue weighted by Crippen LogP contribution is 2.20. The molecule has 0 aromatic heterocycles. The van der Waals surface area contributed by atoms with Crippen LogP contribution in [0.4, 0.5) is 0 Å². The maximum absolute atomic E-state index is 6.20. The normalized spacial score (nSPS) is 12.6. The molecule has 1 unspecified atom stereocenters. The van der Waals surface area contributed by atoms with Gasteiger partial charge < -0.3 is 10.1 Å². The topological polar surface area (TPSA) is 21.3 Å². The zero-order valence-electron chi connectivity index (χ0n) is 11.4. The minimum absolute atomic E-state index is 0.576. The van der Waals surface area contributed by atoms with E-state index in [-0.39, 0.29) is 0 Å². The second-order valence-electron chi connectivity index (χ2n) is 4.62. The van der Waals surface area contributed by atoms with E-state index in [1.54, 1.807) is 0 Å². The molecular formula is C15H24ClNO. The molecule has 0 bridgehead atoms. The summed E-state index contributed by atoms with van der Waals surface area (Å²) in [6.45, 7) is 4.83. The molecule has 1 aromatic carbocycles. The monoisotopic (exact) mass is 269 g/mol. The van der Waals surface area contributed by atoms with Gasteiger partial charge >= 0.3 is 0 Å². The fourth-order valence-corrected chi connectivity index (χ4v) is 2.25. The Morgan fingerprint density at radius 3 is 2.72 bits per heavy atom. The Morgan fingerprint density at radius 1 is 1.28 bits per heavy atom. The molecule has 0 amide bonds. The summed E-state index contributed by atoms with van der Waals surface area (Å²) in [6, 6.07) is 8.09. The van der Waals surface area contributed by atoms with E-state index >= 15 is 0 Å². The van der Waals surface area contributed by atoms with Crippen molar-refractivity contribution in [2.45, 2.75) is 26.2 Å². The van der Waals surface area contributed by atoms with Crippen molar-refractivity contribution in [2.75, 3.05) is 26.8 Å². The van der Waals surface area contributed by atoms with E-state index in [0.717, 1.165) is 44.0 Å². The first-order valence-corrected chi connectivity index (χ1v) is 7.11. The fraction of sp³-hybridized carbons (Fsp3) is 0.600. The van der Waals surface area contributed by atoms with E-state index in [0.29, 0.717) is 5.92 Å². The Bertz CT molecular complexity index is 330. The lowest BCUT2D eigenvalue weighted by molar-refractivity contribution is 0.120. The molecular weight excluding hydrogens is 246 g/mol. The van der Waals surface area contributed by atoms with E-state index in [1.807, 2.05) is 25.2 Å². The molecule has 102 valence electrons. The van der Waals surface area contributed by atoms with E-state index in [2.05, 4.69) is 18.3 Å². The number of halogens is 1. The molecule has 18 heavy (non-hydrogen) atoms. The number of hydrogen-bond donors (Lipinski definition) is 1. The molecule has 0 heterocycles. The average Bonchev–Trinajstić information content (AvgIpc) is 2.37. The molecule has 0 saturated heterocycles. The van der Waals surface area contributed by atoms with Crippen molar-refractivity contribution in [3.8, 4) is 0 Å². The fourth-order valence-electron chi connectivity index (χ4n) is 2.04. The van der Waals surface area contributed by atoms with Gasteiger partial charge in [-0.15, -0.1) is 0 Å². The summed E-state index contributed by atoms with van der Waals surface area (Å²) in [5.41, 5.74) is 1.23. The first-order chi connectivity index (χ1) is 8.77. The number of hydrogen-bond acceptors (Lipinski definition) is 2. The van der Waals surface area contributed by atoms with Gasteiger partial charge in [-0.25, -0.2) is 0 Å². The third kappa shape index (κ3) is 5.85. The largest absolute Gasteiger partial charge is 0.381 e. The molecule has 0 aliphatic heterocycles. The standard InChI is InChI=1S/C15H24ClNO/c1-3-9-18-10-8-13(12-17-2)11-14-6-4-5-7-15(14)16/h4-7,13,17H,3,8-12H2,1-2H3. The minimum atomic E-state index is 0.576. The van der Waals surface area contributed by atoms with Gasteiger partial charge in [0, 0.05) is 18.2 Å². The number of ether oxygens (including phenoxy) is 1. The Hall–Kier alpha value is -0.570. The van der Waals surface area contributed by atoms with Crippen molar-refractivity contribution in [3.63, 3.8) is 0 Å². The predicted octanol–water partition coefficient (Wildman–Crippen LogP) is 3.53. The lowest BCUT2D eigenvalue weighted by Gasteiger charge is -2.17. The molecule has 1 N–H and O–H groups in total. The van der Waals surface area contributed by atoms with Crippen LogP contribution in [0.2, 0.25) is 5.02 Å². The third-order valence-electron chi connectivity index (χ3n) is 2.98. The zero-order chi connectivity index (χ0) is 13.2. The van der Waals surface area contributed by atoms with Gasteiger partial charge in [0.25, 0.3) is 0 Å². The van der Waals surface area contributed by atoms with Gasteiger partial charge in [0.05, 0.1) is 0 Å². The van der Waals surface area contributed by atoms with Crippen LogP contribution in [0.5, 0.6) is 0 Å². The Morgan fingerprint density at radius 2 is 2.06 bits per heavy atom. The lowest BCUT2D eigenvalue weighted by atomic mass is 9.96. The molecule has 0 spiro atoms. The van der Waals surface area contributed by atoms with Crippen molar-refractivity contribution >= 4 is 11.6 Å². The SMILES string of the molecule is CCCOCCC(CNC)Cc1ccccc1Cl. The number of rotatable bonds is 9. The van der Waals surface area contributed by atoms with Crippen LogP contribution in [0, 0.1) is 5.92 Å². The quantitative estimate of drug-likeness (QED) is 0.693. The van der Waals surface area contributed by atoms with Gasteiger partial charge in [-0.3, -0.25) is 0 Å². The van der Waals surface area contributed by atoms with Crippen molar-refractivity contribution in [3.05, 3.63) is 34.9 Å². The van der Waals surface area contributed by atoms with Gasteiger partial charge in [-0.2, -0.15) is 0 Å². The van der Waals surface area contributed by atoms with E-state index in [1.165, 1.54) is 5.56 Å². The maximum Gasteiger partial charge on any atom is 0.0469 e. The van der Waals surface area contributed by atoms with Crippen LogP contribution >= 0.6 is 11.6 Å². The van der Waals surface area contributed by atoms with Crippen LogP contribution in [-0.4, -0.2) is 26.8 Å². The van der Waals surface area contributed by atoms with Crippen molar-refractivity contribution < 1.29 is 4.74 Å². The smallest absolute Gasteiger partial charge is 0.0469 e. The van der Waals surface area contributed by atoms with Crippen LogP contribution < -0.4 is 5.32 Å². The van der Waals surface area contributed by atoms with Crippen molar-refractivity contribution in [2.24, 2.45) is 5.92 Å². The summed E-state index contributed by atoms with van der Waals surface area (Å²) in [4.78, 5) is 0. The van der Waals surface area contributed by atoms with Crippen LogP contribution in [0.1, 0.15) is 25.3 Å². The summed E-state index contributed by atoms with van der Waals surface area (Å²) in [6.07, 6.45) is 3.17. The van der Waals surface area contributed by atoms with Crippen LogP contribution in [0.3, 0.4) is 0 Å². The first-order valence-electron chi connectivity index (χ1n) is 6.73. The minimum Gasteiger partial charge on any atom is -0.381 e. The first kappa shape index (κ1) is 15.5. The zero-order valence-corrected chi connectivity index (χ0v) is 12.2. The molecule has 0 aliphatic rings. The highest BCUT2D eigenvalue weighted by atomic mass is 35.5. The Balaban J connectivity index is 2.44. The van der Waals surface area contributed by atoms with Gasteiger partial charge in [0.1, 0.15) is 0 Å². The molecule has 1 atom stereocenters. The summed E-state index contributed by atoms with van der Waals surface area (Å²) >= 11 is 6.20. The molecule has 3 heteroatoms. The second kappa shape index (κ2) is 9.37. The van der Waals surface area contributed by atoms with E-state index in [4.69, 9.17) is 16.3 Å². The molecule has 0 saturated carbocycles. The molecule has 2 nitrogen and oxygen atoms in total. The highest BCUT2D eigenvalue weighted by molar-refractivity contribution is 6.31. The van der Waals surface area contributed by atoms with Crippen LogP contribution in [-0.2, 0) is 11.2 Å². The van der Waals surface area contributed by atoms with E-state index in [9.17, 15) is 0 Å². The van der Waals surface area contributed by atoms with E-state index < -0.39 is 0 Å². The average molecular weight is 270 g/mol. The van der Waals surface area contributed by atoms with Crippen LogP contribution in [0.15, 0.2) is 24.3 Å². The summed E-state index contributed by atoms with van der Waals surface area (Å²) in [5.74, 6) is 0.576.